The van der Waals surface area contributed by atoms with Crippen molar-refractivity contribution >= 4 is 33.1 Å². The van der Waals surface area contributed by atoms with Crippen LogP contribution in [-0.4, -0.2) is 35.5 Å². The first-order valence-electron chi connectivity index (χ1n) is 6.29. The highest BCUT2D eigenvalue weighted by molar-refractivity contribution is 9.10. The van der Waals surface area contributed by atoms with E-state index in [1.54, 1.807) is 12.3 Å². The maximum atomic E-state index is 12.3. The van der Waals surface area contributed by atoms with Crippen LogP contribution in [0, 0.1) is 0 Å². The lowest BCUT2D eigenvalue weighted by atomic mass is 10.2. The van der Waals surface area contributed by atoms with Crippen LogP contribution in [0.1, 0.15) is 20.8 Å². The second-order valence-corrected chi connectivity index (χ2v) is 6.25. The van der Waals surface area contributed by atoms with E-state index in [0.29, 0.717) is 27.1 Å². The Labute approximate surface area is 131 Å². The van der Waals surface area contributed by atoms with Crippen LogP contribution in [0.15, 0.2) is 16.7 Å². The standard InChI is InChI=1S/C14H17BrN2O4/c1-14(2,3)21-13(18)17-7-8(15)11-9(17)6-10(19-4)12(16-11)20-5/h6-7H,1-5H3. The highest BCUT2D eigenvalue weighted by Crippen LogP contribution is 2.33. The molecular weight excluding hydrogens is 340 g/mol. The van der Waals surface area contributed by atoms with Crippen LogP contribution in [-0.2, 0) is 4.74 Å². The van der Waals surface area contributed by atoms with Crippen molar-refractivity contribution in [1.82, 2.24) is 9.55 Å². The highest BCUT2D eigenvalue weighted by Gasteiger charge is 2.22. The number of methoxy groups -OCH3 is 2. The summed E-state index contributed by atoms with van der Waals surface area (Å²) < 4.78 is 17.8. The molecule has 0 aromatic carbocycles. The lowest BCUT2D eigenvalue weighted by Crippen LogP contribution is -2.26. The van der Waals surface area contributed by atoms with Gasteiger partial charge in [-0.05, 0) is 36.7 Å². The van der Waals surface area contributed by atoms with E-state index in [0.717, 1.165) is 0 Å². The van der Waals surface area contributed by atoms with E-state index in [4.69, 9.17) is 14.2 Å². The fourth-order valence-corrected chi connectivity index (χ4v) is 2.32. The molecule has 7 heteroatoms. The van der Waals surface area contributed by atoms with Crippen molar-refractivity contribution in [1.29, 1.82) is 0 Å². The summed E-state index contributed by atoms with van der Waals surface area (Å²) >= 11 is 3.39. The van der Waals surface area contributed by atoms with Gasteiger partial charge in [0.05, 0.1) is 24.2 Å². The molecule has 0 N–H and O–H groups in total. The molecule has 6 nitrogen and oxygen atoms in total. The molecule has 0 unspecified atom stereocenters. The molecule has 0 aliphatic heterocycles. The largest absolute Gasteiger partial charge is 0.491 e. The first-order chi connectivity index (χ1) is 9.76. The number of hydrogen-bond donors (Lipinski definition) is 0. The summed E-state index contributed by atoms with van der Waals surface area (Å²) in [5.74, 6) is 0.799. The molecule has 2 rings (SSSR count). The van der Waals surface area contributed by atoms with E-state index in [9.17, 15) is 4.79 Å². The van der Waals surface area contributed by atoms with Crippen molar-refractivity contribution < 1.29 is 19.0 Å². The van der Waals surface area contributed by atoms with Gasteiger partial charge in [-0.2, -0.15) is 0 Å². The maximum Gasteiger partial charge on any atom is 0.419 e. The van der Waals surface area contributed by atoms with Gasteiger partial charge in [0, 0.05) is 12.3 Å². The van der Waals surface area contributed by atoms with E-state index in [1.165, 1.54) is 18.8 Å². The molecule has 0 atom stereocenters. The van der Waals surface area contributed by atoms with Crippen molar-refractivity contribution in [3.05, 3.63) is 16.7 Å². The third-order valence-electron chi connectivity index (χ3n) is 2.67. The van der Waals surface area contributed by atoms with Crippen LogP contribution in [0.2, 0.25) is 0 Å². The molecule has 0 saturated heterocycles. The topological polar surface area (TPSA) is 62.6 Å². The van der Waals surface area contributed by atoms with E-state index in [-0.39, 0.29) is 0 Å². The number of carbonyl (C=O) groups is 1. The Hall–Kier alpha value is -1.76. The van der Waals surface area contributed by atoms with Gasteiger partial charge in [0.15, 0.2) is 5.75 Å². The minimum Gasteiger partial charge on any atom is -0.491 e. The summed E-state index contributed by atoms with van der Waals surface area (Å²) in [6.07, 6.45) is 1.14. The van der Waals surface area contributed by atoms with Gasteiger partial charge in [-0.1, -0.05) is 0 Å². The summed E-state index contributed by atoms with van der Waals surface area (Å²) in [7, 11) is 3.02. The number of nitrogens with zero attached hydrogens (tertiary/aromatic N) is 2. The van der Waals surface area contributed by atoms with E-state index >= 15 is 0 Å². The Morgan fingerprint density at radius 3 is 2.48 bits per heavy atom. The fraction of sp³-hybridized carbons (Fsp3) is 0.429. The molecular formula is C14H17BrN2O4. The average molecular weight is 357 g/mol. The number of aromatic nitrogens is 2. The molecule has 0 spiro atoms. The normalized spacial score (nSPS) is 11.5. The molecule has 0 fully saturated rings. The zero-order valence-electron chi connectivity index (χ0n) is 12.6. The van der Waals surface area contributed by atoms with Crippen molar-refractivity contribution in [3.8, 4) is 11.6 Å². The number of ether oxygens (including phenoxy) is 3. The molecule has 114 valence electrons. The fourth-order valence-electron chi connectivity index (χ4n) is 1.83. The molecule has 2 aromatic heterocycles. The number of pyridine rings is 1. The van der Waals surface area contributed by atoms with Crippen molar-refractivity contribution in [3.63, 3.8) is 0 Å². The SMILES string of the molecule is COc1cc2c(nc1OC)c(Br)cn2C(=O)OC(C)(C)C. The molecule has 0 aliphatic carbocycles. The van der Waals surface area contributed by atoms with Gasteiger partial charge in [-0.25, -0.2) is 14.3 Å². The molecule has 0 aliphatic rings. The van der Waals surface area contributed by atoms with Gasteiger partial charge in [-0.3, -0.25) is 0 Å². The molecule has 0 radical (unpaired) electrons. The Morgan fingerprint density at radius 2 is 1.95 bits per heavy atom. The van der Waals surface area contributed by atoms with E-state index < -0.39 is 11.7 Å². The summed E-state index contributed by atoms with van der Waals surface area (Å²) in [4.78, 5) is 16.6. The summed E-state index contributed by atoms with van der Waals surface area (Å²) in [5, 5.41) is 0. The van der Waals surface area contributed by atoms with Crippen LogP contribution in [0.25, 0.3) is 11.0 Å². The Morgan fingerprint density at radius 1 is 1.29 bits per heavy atom. The summed E-state index contributed by atoms with van der Waals surface area (Å²) in [5.41, 5.74) is 0.594. The minimum absolute atomic E-state index is 0.354. The van der Waals surface area contributed by atoms with Gasteiger partial charge in [-0.15, -0.1) is 0 Å². The van der Waals surface area contributed by atoms with Crippen LogP contribution < -0.4 is 9.47 Å². The summed E-state index contributed by atoms with van der Waals surface area (Å²) in [6.45, 7) is 5.44. The number of carbonyl (C=O) groups excluding carboxylic acids is 1. The Bertz CT molecular complexity index is 688. The van der Waals surface area contributed by atoms with Crippen molar-refractivity contribution in [2.45, 2.75) is 26.4 Å². The predicted molar refractivity (Wildman–Crippen MR) is 82.2 cm³/mol. The van der Waals surface area contributed by atoms with Crippen molar-refractivity contribution in [2.75, 3.05) is 14.2 Å². The molecule has 0 saturated carbocycles. The zero-order valence-corrected chi connectivity index (χ0v) is 14.1. The van der Waals surface area contributed by atoms with Gasteiger partial charge >= 0.3 is 6.09 Å². The third-order valence-corrected chi connectivity index (χ3v) is 3.25. The average Bonchev–Trinajstić information content (AvgIpc) is 2.72. The molecule has 21 heavy (non-hydrogen) atoms. The second-order valence-electron chi connectivity index (χ2n) is 5.40. The second kappa shape index (κ2) is 5.55. The maximum absolute atomic E-state index is 12.3. The van der Waals surface area contributed by atoms with Gasteiger partial charge in [0.1, 0.15) is 11.1 Å². The van der Waals surface area contributed by atoms with E-state index in [2.05, 4.69) is 20.9 Å². The lowest BCUT2D eigenvalue weighted by Gasteiger charge is -2.19. The van der Waals surface area contributed by atoms with Crippen LogP contribution in [0.4, 0.5) is 4.79 Å². The highest BCUT2D eigenvalue weighted by atomic mass is 79.9. The van der Waals surface area contributed by atoms with E-state index in [1.807, 2.05) is 20.8 Å². The summed E-state index contributed by atoms with van der Waals surface area (Å²) in [6, 6.07) is 1.69. The van der Waals surface area contributed by atoms with Crippen LogP contribution >= 0.6 is 15.9 Å². The quantitative estimate of drug-likeness (QED) is 0.822. The molecule has 2 heterocycles. The number of halogens is 1. The molecule has 2 aromatic rings. The van der Waals surface area contributed by atoms with Gasteiger partial charge in [0.2, 0.25) is 0 Å². The first kappa shape index (κ1) is 15.6. The predicted octanol–water partition coefficient (Wildman–Crippen LogP) is 3.60. The lowest BCUT2D eigenvalue weighted by molar-refractivity contribution is 0.0544. The van der Waals surface area contributed by atoms with Crippen LogP contribution in [0.5, 0.6) is 11.6 Å². The Balaban J connectivity index is 2.58. The number of hydrogen-bond acceptors (Lipinski definition) is 5. The molecule has 0 bridgehead atoms. The van der Waals surface area contributed by atoms with Gasteiger partial charge in [0.25, 0.3) is 5.88 Å². The molecule has 0 amide bonds. The first-order valence-corrected chi connectivity index (χ1v) is 7.09. The minimum atomic E-state index is -0.579. The van der Waals surface area contributed by atoms with Crippen molar-refractivity contribution in [2.24, 2.45) is 0 Å². The number of rotatable bonds is 2. The van der Waals surface area contributed by atoms with Gasteiger partial charge < -0.3 is 14.2 Å². The smallest absolute Gasteiger partial charge is 0.419 e. The monoisotopic (exact) mass is 356 g/mol. The Kier molecular flexibility index (Phi) is 4.13. The van der Waals surface area contributed by atoms with Crippen LogP contribution in [0.3, 0.4) is 0 Å². The number of fused-ring (bicyclic) bond motifs is 1. The zero-order chi connectivity index (χ0) is 15.8. The third kappa shape index (κ3) is 3.12.